The highest BCUT2D eigenvalue weighted by atomic mass is 16.7. The molecule has 17 heteroatoms. The molecule has 5 aromatic rings. The lowest BCUT2D eigenvalue weighted by Gasteiger charge is -2.43. The smallest absolute Gasteiger partial charge is 0.255 e. The molecule has 352 valence electrons. The first-order valence-corrected chi connectivity index (χ1v) is 23.8. The van der Waals surface area contributed by atoms with Crippen molar-refractivity contribution >= 4 is 46.1 Å². The van der Waals surface area contributed by atoms with E-state index in [1.165, 1.54) is 6.33 Å². The van der Waals surface area contributed by atoms with E-state index in [1.54, 1.807) is 35.2 Å². The molecule has 6 heterocycles. The monoisotopic (exact) mass is 922 g/mol. The molecule has 2 N–H and O–H groups in total. The van der Waals surface area contributed by atoms with E-state index in [4.69, 9.17) is 28.8 Å². The molecule has 6 aliphatic rings. The highest BCUT2D eigenvalue weighted by Crippen LogP contribution is 2.48. The van der Waals surface area contributed by atoms with Gasteiger partial charge in [0.2, 0.25) is 24.5 Å². The van der Waals surface area contributed by atoms with E-state index >= 15 is 0 Å². The number of H-pyrrole nitrogens is 1. The summed E-state index contributed by atoms with van der Waals surface area (Å²) in [7, 11) is 3.22. The van der Waals surface area contributed by atoms with Crippen LogP contribution in [0.2, 0.25) is 0 Å². The zero-order valence-corrected chi connectivity index (χ0v) is 38.2. The molecular weight excluding hydrogens is 869 g/mol. The Balaban J connectivity index is 0.852. The number of nitrogens with one attached hydrogen (secondary N) is 2. The summed E-state index contributed by atoms with van der Waals surface area (Å²) in [5.41, 5.74) is 5.60. The van der Waals surface area contributed by atoms with Crippen molar-refractivity contribution in [2.45, 2.75) is 76.3 Å². The average molecular weight is 923 g/mol. The van der Waals surface area contributed by atoms with E-state index in [1.807, 2.05) is 54.6 Å². The summed E-state index contributed by atoms with van der Waals surface area (Å²) in [6, 6.07) is 15.8. The summed E-state index contributed by atoms with van der Waals surface area (Å²) < 4.78 is 29.1. The van der Waals surface area contributed by atoms with Gasteiger partial charge in [-0.1, -0.05) is 25.0 Å². The zero-order valence-electron chi connectivity index (χ0n) is 38.2. The van der Waals surface area contributed by atoms with Gasteiger partial charge in [0.25, 0.3) is 5.91 Å². The van der Waals surface area contributed by atoms with Gasteiger partial charge in [0, 0.05) is 61.8 Å². The summed E-state index contributed by atoms with van der Waals surface area (Å²) >= 11 is 0. The van der Waals surface area contributed by atoms with Crippen LogP contribution in [0.3, 0.4) is 0 Å². The van der Waals surface area contributed by atoms with E-state index in [9.17, 15) is 19.2 Å². The Bertz CT molecular complexity index is 2820. The second-order valence-electron chi connectivity index (χ2n) is 18.6. The molecule has 4 amide bonds. The molecule has 3 atom stereocenters. The van der Waals surface area contributed by atoms with E-state index < -0.39 is 11.9 Å². The minimum Gasteiger partial charge on any atom is -0.493 e. The number of amides is 4. The maximum atomic E-state index is 14.8. The molecule has 3 aromatic carbocycles. The number of hydrogen-bond acceptors (Lipinski definition) is 12. The lowest BCUT2D eigenvalue weighted by atomic mass is 9.73. The number of nitrogens with zero attached hydrogens (tertiary/aromatic N) is 6. The molecule has 0 spiro atoms. The van der Waals surface area contributed by atoms with Crippen LogP contribution in [0.4, 0.5) is 5.69 Å². The van der Waals surface area contributed by atoms with Gasteiger partial charge in [-0.25, -0.2) is 15.0 Å². The van der Waals surface area contributed by atoms with Crippen molar-refractivity contribution in [3.8, 4) is 40.0 Å². The van der Waals surface area contributed by atoms with E-state index in [0.717, 1.165) is 61.1 Å². The van der Waals surface area contributed by atoms with Crippen molar-refractivity contribution in [2.75, 3.05) is 52.2 Å². The minimum absolute atomic E-state index is 0.0124. The number of piperidine rings is 1. The summed E-state index contributed by atoms with van der Waals surface area (Å²) in [6.45, 7) is 2.02. The van der Waals surface area contributed by atoms with Crippen molar-refractivity contribution in [3.63, 3.8) is 0 Å². The maximum absolute atomic E-state index is 14.8. The van der Waals surface area contributed by atoms with Crippen molar-refractivity contribution in [3.05, 3.63) is 83.8 Å². The van der Waals surface area contributed by atoms with E-state index in [2.05, 4.69) is 20.3 Å². The fraction of sp³-hybridized carbons (Fsp3) is 0.431. The topological polar surface area (TPSA) is 190 Å². The molecule has 17 nitrogen and oxygen atoms in total. The molecule has 2 saturated carbocycles. The van der Waals surface area contributed by atoms with Crippen molar-refractivity contribution in [1.29, 1.82) is 0 Å². The summed E-state index contributed by atoms with van der Waals surface area (Å²) in [4.78, 5) is 71.7. The summed E-state index contributed by atoms with van der Waals surface area (Å²) in [6.07, 6.45) is 10.7. The van der Waals surface area contributed by atoms with E-state index in [0.29, 0.717) is 102 Å². The number of aromatic nitrogens is 3. The van der Waals surface area contributed by atoms with Crippen LogP contribution in [0.5, 0.6) is 28.7 Å². The summed E-state index contributed by atoms with van der Waals surface area (Å²) in [5, 5.41) is 9.89. The first kappa shape index (κ1) is 43.4. The Labute approximate surface area is 393 Å². The van der Waals surface area contributed by atoms with Crippen LogP contribution in [0.25, 0.3) is 22.3 Å². The molecule has 2 saturated heterocycles. The van der Waals surface area contributed by atoms with Crippen molar-refractivity contribution in [1.82, 2.24) is 30.2 Å². The molecule has 2 aromatic heterocycles. The van der Waals surface area contributed by atoms with Gasteiger partial charge in [-0.2, -0.15) is 5.10 Å². The Hall–Kier alpha value is -7.17. The Morgan fingerprint density at radius 3 is 2.38 bits per heavy atom. The molecular formula is C51H54N8O9. The van der Waals surface area contributed by atoms with E-state index in [-0.39, 0.29) is 54.4 Å². The van der Waals surface area contributed by atoms with Crippen LogP contribution in [0.1, 0.15) is 79.3 Å². The highest BCUT2D eigenvalue weighted by Gasteiger charge is 2.44. The predicted molar refractivity (Wildman–Crippen MR) is 250 cm³/mol. The number of aromatic amines is 1. The molecule has 68 heavy (non-hydrogen) atoms. The number of hydrogen-bond donors (Lipinski definition) is 2. The average Bonchev–Trinajstić information content (AvgIpc) is 3.89. The third-order valence-corrected chi connectivity index (χ3v) is 14.4. The SMILES string of the molecule is COc1ccc(C2=NN(C3CCN(C(=O)[C@@H](Cc4ccc(N5CCC5=O)cc4)NC(=O)c4c[nH]c5c(-c6c(OCC7CC7)ccc7c6OCO7)ncnc45)CC3)C(=O)[C@@H]3CCCC[C@H]23)cc1OC. The lowest BCUT2D eigenvalue weighted by Crippen LogP contribution is -2.55. The number of carbonyl (C=O) groups excluding carboxylic acids is 4. The molecule has 2 aliphatic carbocycles. The largest absolute Gasteiger partial charge is 0.493 e. The first-order valence-electron chi connectivity index (χ1n) is 23.8. The molecule has 4 aliphatic heterocycles. The molecule has 11 rings (SSSR count). The number of benzene rings is 3. The third kappa shape index (κ3) is 8.10. The summed E-state index contributed by atoms with van der Waals surface area (Å²) in [5.74, 6) is 2.62. The lowest BCUT2D eigenvalue weighted by molar-refractivity contribution is -0.143. The van der Waals surface area contributed by atoms with Crippen molar-refractivity contribution in [2.24, 2.45) is 22.9 Å². The second-order valence-corrected chi connectivity index (χ2v) is 18.6. The molecule has 0 bridgehead atoms. The van der Waals surface area contributed by atoms with Crippen LogP contribution in [-0.2, 0) is 20.8 Å². The van der Waals surface area contributed by atoms with Crippen LogP contribution >= 0.6 is 0 Å². The van der Waals surface area contributed by atoms with Gasteiger partial charge in [-0.15, -0.1) is 0 Å². The van der Waals surface area contributed by atoms with Gasteiger partial charge in [0.05, 0.1) is 49.2 Å². The molecule has 4 fully saturated rings. The van der Waals surface area contributed by atoms with Crippen LogP contribution in [0.15, 0.2) is 72.2 Å². The number of methoxy groups -OCH3 is 2. The quantitative estimate of drug-likeness (QED) is 0.119. The Morgan fingerprint density at radius 2 is 1.65 bits per heavy atom. The number of anilines is 1. The number of fused-ring (bicyclic) bond motifs is 3. The van der Waals surface area contributed by atoms with Gasteiger partial charge in [0.15, 0.2) is 23.0 Å². The van der Waals surface area contributed by atoms with Crippen LogP contribution < -0.4 is 33.9 Å². The third-order valence-electron chi connectivity index (χ3n) is 14.4. The Morgan fingerprint density at radius 1 is 0.868 bits per heavy atom. The molecule has 0 unspecified atom stereocenters. The number of likely N-dealkylation sites (tertiary alicyclic amines) is 1. The maximum Gasteiger partial charge on any atom is 0.255 e. The van der Waals surface area contributed by atoms with Gasteiger partial charge < -0.3 is 43.8 Å². The highest BCUT2D eigenvalue weighted by molar-refractivity contribution is 6.10. The number of carbonyl (C=O) groups is 4. The van der Waals surface area contributed by atoms with Crippen molar-refractivity contribution < 1.29 is 42.9 Å². The number of hydrazone groups is 1. The van der Waals surface area contributed by atoms with Crippen LogP contribution in [0, 0.1) is 17.8 Å². The van der Waals surface area contributed by atoms with Gasteiger partial charge in [-0.3, -0.25) is 19.2 Å². The minimum atomic E-state index is -0.957. The van der Waals surface area contributed by atoms with Gasteiger partial charge >= 0.3 is 0 Å². The predicted octanol–water partition coefficient (Wildman–Crippen LogP) is 6.28. The van der Waals surface area contributed by atoms with Gasteiger partial charge in [0.1, 0.15) is 29.3 Å². The normalized spacial score (nSPS) is 20.7. The number of β-lactam (4-membered cyclic amide) rings is 1. The fourth-order valence-electron chi connectivity index (χ4n) is 10.4. The fourth-order valence-corrected chi connectivity index (χ4v) is 10.4. The first-order chi connectivity index (χ1) is 33.3. The number of ether oxygens (including phenoxy) is 5. The number of rotatable bonds is 14. The Kier molecular flexibility index (Phi) is 11.6. The zero-order chi connectivity index (χ0) is 46.5. The second kappa shape index (κ2) is 18.1. The van der Waals surface area contributed by atoms with Crippen LogP contribution in [-0.4, -0.2) is 114 Å². The standard InChI is InChI=1S/C51H54N8O9/c1-64-38-14-11-31(24-41(38)65-2)44-34-5-3-4-6-35(34)50(62)59(56-44)33-17-20-57(21-18-33)51(63)37(23-29-9-12-32(13-10-29)58-22-19-42(58)60)55-49(61)36-25-52-47-45(36)53-27-54-46(47)43-39(66-26-30-7-8-30)15-16-40-48(43)68-28-67-40/h9-16,24-25,27,30,33-35,37,52H,3-8,17-23,26,28H2,1-2H3,(H,55,61)/t34-,35+,37+/m0/s1. The van der Waals surface area contributed by atoms with Gasteiger partial charge in [-0.05, 0) is 92.5 Å². The molecule has 0 radical (unpaired) electrons.